The molecule has 1 unspecified atom stereocenters. The Hall–Kier alpha value is -0.190. The third kappa shape index (κ3) is 2.40. The third-order valence-electron chi connectivity index (χ3n) is 1.43. The van der Waals surface area contributed by atoms with Crippen molar-refractivity contribution in [2.75, 3.05) is 5.75 Å². The molecule has 66 valence electrons. The van der Waals surface area contributed by atoms with Gasteiger partial charge in [-0.3, -0.25) is 4.98 Å². The lowest BCUT2D eigenvalue weighted by Gasteiger charge is -2.10. The fraction of sp³-hybridized carbons (Fsp3) is 0.375. The van der Waals surface area contributed by atoms with Gasteiger partial charge in [-0.2, -0.15) is 0 Å². The quantitative estimate of drug-likeness (QED) is 0.579. The number of nitrogens with zero attached hydrogens (tertiary/aromatic N) is 1. The smallest absolute Gasteiger partial charge is 0.0948 e. The first kappa shape index (κ1) is 9.89. The molecule has 0 saturated carbocycles. The third-order valence-corrected chi connectivity index (χ3v) is 2.73. The molecular formula is C8H12N2S2. The Labute approximate surface area is 82.4 Å². The number of hydrogen-bond donors (Lipinski definition) is 2. The zero-order valence-corrected chi connectivity index (χ0v) is 8.61. The van der Waals surface area contributed by atoms with Crippen molar-refractivity contribution in [3.63, 3.8) is 0 Å². The van der Waals surface area contributed by atoms with Crippen LogP contribution in [0.1, 0.15) is 18.0 Å². The van der Waals surface area contributed by atoms with Gasteiger partial charge in [0.25, 0.3) is 0 Å². The van der Waals surface area contributed by atoms with E-state index in [1.165, 1.54) is 0 Å². The summed E-state index contributed by atoms with van der Waals surface area (Å²) < 4.78 is 0. The van der Waals surface area contributed by atoms with Gasteiger partial charge in [-0.15, -0.1) is 24.4 Å². The molecule has 0 spiro atoms. The van der Waals surface area contributed by atoms with Gasteiger partial charge in [0.2, 0.25) is 0 Å². The Bertz CT molecular complexity index is 253. The topological polar surface area (TPSA) is 38.9 Å². The van der Waals surface area contributed by atoms with E-state index >= 15 is 0 Å². The molecule has 2 nitrogen and oxygen atoms in total. The minimum absolute atomic E-state index is 0.0521. The molecule has 1 atom stereocenters. The van der Waals surface area contributed by atoms with E-state index in [0.717, 1.165) is 16.3 Å². The summed E-state index contributed by atoms with van der Waals surface area (Å²) in [5.74, 6) is 0.991. The van der Waals surface area contributed by atoms with Crippen LogP contribution in [-0.2, 0) is 0 Å². The van der Waals surface area contributed by atoms with Crippen molar-refractivity contribution in [3.05, 3.63) is 24.0 Å². The predicted octanol–water partition coefficient (Wildman–Crippen LogP) is 2.08. The number of thiol groups is 1. The molecule has 0 fully saturated rings. The Balaban J connectivity index is 2.79. The normalized spacial score (nSPS) is 12.9. The molecular weight excluding hydrogens is 188 g/mol. The second-order valence-electron chi connectivity index (χ2n) is 2.28. The van der Waals surface area contributed by atoms with Crippen molar-refractivity contribution in [2.24, 2.45) is 5.73 Å². The highest BCUT2D eigenvalue weighted by Gasteiger charge is 2.08. The van der Waals surface area contributed by atoms with E-state index in [1.807, 2.05) is 12.1 Å². The van der Waals surface area contributed by atoms with Gasteiger partial charge in [0.15, 0.2) is 0 Å². The molecule has 0 aromatic carbocycles. The van der Waals surface area contributed by atoms with Crippen LogP contribution in [0.5, 0.6) is 0 Å². The zero-order chi connectivity index (χ0) is 8.97. The van der Waals surface area contributed by atoms with Crippen LogP contribution in [0.15, 0.2) is 23.2 Å². The van der Waals surface area contributed by atoms with Crippen LogP contribution in [0.3, 0.4) is 0 Å². The Morgan fingerprint density at radius 2 is 2.50 bits per heavy atom. The lowest BCUT2D eigenvalue weighted by Crippen LogP contribution is -2.08. The molecule has 12 heavy (non-hydrogen) atoms. The highest BCUT2D eigenvalue weighted by molar-refractivity contribution is 7.99. The zero-order valence-electron chi connectivity index (χ0n) is 6.90. The van der Waals surface area contributed by atoms with E-state index in [0.29, 0.717) is 0 Å². The number of aromatic nitrogens is 1. The minimum Gasteiger partial charge on any atom is -0.314 e. The van der Waals surface area contributed by atoms with E-state index in [9.17, 15) is 0 Å². The van der Waals surface area contributed by atoms with Gasteiger partial charge in [0.1, 0.15) is 0 Å². The largest absolute Gasteiger partial charge is 0.314 e. The van der Waals surface area contributed by atoms with Crippen molar-refractivity contribution in [2.45, 2.75) is 17.2 Å². The monoisotopic (exact) mass is 200 g/mol. The molecule has 4 heteroatoms. The summed E-state index contributed by atoms with van der Waals surface area (Å²) in [6, 6.07) is 3.76. The standard InChI is InChI=1S/C8H12N2S2/c1-2-12-8(9)7-6(11)4-3-5-10-7/h3-5,8,11H,2,9H2,1H3. The Morgan fingerprint density at radius 1 is 1.75 bits per heavy atom. The molecule has 0 radical (unpaired) electrons. The van der Waals surface area contributed by atoms with Crippen LogP contribution in [-0.4, -0.2) is 10.7 Å². The average Bonchev–Trinajstić information content (AvgIpc) is 2.05. The summed E-state index contributed by atoms with van der Waals surface area (Å²) >= 11 is 5.94. The highest BCUT2D eigenvalue weighted by Crippen LogP contribution is 2.25. The Morgan fingerprint density at radius 3 is 3.08 bits per heavy atom. The summed E-state index contributed by atoms with van der Waals surface area (Å²) in [4.78, 5) is 5.04. The van der Waals surface area contributed by atoms with Gasteiger partial charge in [-0.25, -0.2) is 0 Å². The number of thioether (sulfide) groups is 1. The lowest BCUT2D eigenvalue weighted by molar-refractivity contribution is 0.920. The van der Waals surface area contributed by atoms with Gasteiger partial charge in [-0.1, -0.05) is 6.92 Å². The minimum atomic E-state index is -0.0521. The summed E-state index contributed by atoms with van der Waals surface area (Å²) in [6.07, 6.45) is 1.74. The van der Waals surface area contributed by atoms with E-state index < -0.39 is 0 Å². The molecule has 0 bridgehead atoms. The van der Waals surface area contributed by atoms with E-state index in [1.54, 1.807) is 18.0 Å². The Kier molecular flexibility index (Phi) is 3.91. The van der Waals surface area contributed by atoms with Crippen LogP contribution < -0.4 is 5.73 Å². The fourth-order valence-corrected chi connectivity index (χ4v) is 1.96. The number of nitrogens with two attached hydrogens (primary N) is 1. The molecule has 0 saturated heterocycles. The fourth-order valence-electron chi connectivity index (χ4n) is 0.887. The molecule has 1 heterocycles. The highest BCUT2D eigenvalue weighted by atomic mass is 32.2. The molecule has 1 aromatic heterocycles. The van der Waals surface area contributed by atoms with Crippen molar-refractivity contribution in [1.82, 2.24) is 4.98 Å². The van der Waals surface area contributed by atoms with Crippen LogP contribution >= 0.6 is 24.4 Å². The predicted molar refractivity (Wildman–Crippen MR) is 56.5 cm³/mol. The maximum atomic E-state index is 5.86. The second-order valence-corrected chi connectivity index (χ2v) is 4.18. The number of hydrogen-bond acceptors (Lipinski definition) is 4. The first-order valence-corrected chi connectivity index (χ1v) is 5.26. The molecule has 0 aliphatic carbocycles. The molecule has 1 rings (SSSR count). The van der Waals surface area contributed by atoms with Crippen LogP contribution in [0.2, 0.25) is 0 Å². The first-order chi connectivity index (χ1) is 5.75. The van der Waals surface area contributed by atoms with Crippen molar-refractivity contribution < 1.29 is 0 Å². The van der Waals surface area contributed by atoms with Gasteiger partial charge >= 0.3 is 0 Å². The van der Waals surface area contributed by atoms with Crippen molar-refractivity contribution in [3.8, 4) is 0 Å². The number of pyridine rings is 1. The summed E-state index contributed by atoms with van der Waals surface area (Å²) in [7, 11) is 0. The maximum absolute atomic E-state index is 5.86. The van der Waals surface area contributed by atoms with Gasteiger partial charge in [-0.05, 0) is 17.9 Å². The van der Waals surface area contributed by atoms with Gasteiger partial charge in [0, 0.05) is 11.1 Å². The molecule has 0 amide bonds. The van der Waals surface area contributed by atoms with Crippen LogP contribution in [0.4, 0.5) is 0 Å². The van der Waals surface area contributed by atoms with Crippen molar-refractivity contribution in [1.29, 1.82) is 0 Å². The maximum Gasteiger partial charge on any atom is 0.0948 e. The van der Waals surface area contributed by atoms with Crippen LogP contribution in [0.25, 0.3) is 0 Å². The van der Waals surface area contributed by atoms with Crippen LogP contribution in [0, 0.1) is 0 Å². The second kappa shape index (κ2) is 4.74. The number of rotatable bonds is 3. The summed E-state index contributed by atoms with van der Waals surface area (Å²) in [5.41, 5.74) is 6.73. The molecule has 1 aromatic rings. The van der Waals surface area contributed by atoms with Crippen molar-refractivity contribution >= 4 is 24.4 Å². The molecule has 0 aliphatic heterocycles. The molecule has 0 aliphatic rings. The molecule has 2 N–H and O–H groups in total. The van der Waals surface area contributed by atoms with Gasteiger partial charge < -0.3 is 5.73 Å². The summed E-state index contributed by atoms with van der Waals surface area (Å²) in [6.45, 7) is 2.08. The lowest BCUT2D eigenvalue weighted by atomic mass is 10.3. The van der Waals surface area contributed by atoms with Gasteiger partial charge in [0.05, 0.1) is 11.1 Å². The average molecular weight is 200 g/mol. The van der Waals surface area contributed by atoms with E-state index in [-0.39, 0.29) is 5.37 Å². The SMILES string of the molecule is CCSC(N)c1ncccc1S. The summed E-state index contributed by atoms with van der Waals surface area (Å²) in [5, 5.41) is -0.0521. The first-order valence-electron chi connectivity index (χ1n) is 3.76. The van der Waals surface area contributed by atoms with E-state index in [4.69, 9.17) is 5.73 Å². The van der Waals surface area contributed by atoms with E-state index in [2.05, 4.69) is 24.5 Å².